The molecule has 1 nitrogen and oxygen atoms in total. The molecule has 0 unspecified atom stereocenters. The fourth-order valence-corrected chi connectivity index (χ4v) is 8.90. The second kappa shape index (κ2) is 12.7. The minimum atomic E-state index is 1.11. The summed E-state index contributed by atoms with van der Waals surface area (Å²) in [6.07, 6.45) is 0. The predicted molar refractivity (Wildman–Crippen MR) is 225 cm³/mol. The van der Waals surface area contributed by atoms with Crippen molar-refractivity contribution in [2.45, 2.75) is 0 Å². The van der Waals surface area contributed by atoms with Crippen molar-refractivity contribution in [1.82, 2.24) is 0 Å². The lowest BCUT2D eigenvalue weighted by Gasteiger charge is -2.31. The van der Waals surface area contributed by atoms with Crippen LogP contribution in [-0.2, 0) is 0 Å². The Labute approximate surface area is 307 Å². The Bertz CT molecular complexity index is 2890. The van der Waals surface area contributed by atoms with Gasteiger partial charge in [-0.05, 0) is 86.3 Å². The summed E-state index contributed by atoms with van der Waals surface area (Å²) in [6.45, 7) is 0. The molecule has 0 spiro atoms. The van der Waals surface area contributed by atoms with E-state index in [4.69, 9.17) is 0 Å². The zero-order valence-electron chi connectivity index (χ0n) is 28.4. The van der Waals surface area contributed by atoms with Crippen molar-refractivity contribution in [3.05, 3.63) is 200 Å². The SMILES string of the molecule is c1ccc(-c2ccc(N(c3ccccc3)c3c(-c4ccc5ccc6ccccc6c5c4)ccc4sc5ccccc5c34)c(-c3ccccc3)c2)cc1. The molecule has 0 saturated heterocycles. The monoisotopic (exact) mass is 679 g/mol. The van der Waals surface area contributed by atoms with E-state index in [-0.39, 0.29) is 0 Å². The first-order chi connectivity index (χ1) is 25.8. The highest BCUT2D eigenvalue weighted by atomic mass is 32.1. The van der Waals surface area contributed by atoms with Crippen LogP contribution < -0.4 is 4.90 Å². The van der Waals surface area contributed by atoms with Crippen LogP contribution >= 0.6 is 11.3 Å². The topological polar surface area (TPSA) is 3.24 Å². The van der Waals surface area contributed by atoms with Crippen molar-refractivity contribution in [2.24, 2.45) is 0 Å². The number of nitrogens with zero attached hydrogens (tertiary/aromatic N) is 1. The van der Waals surface area contributed by atoms with Crippen molar-refractivity contribution in [3.8, 4) is 33.4 Å². The van der Waals surface area contributed by atoms with E-state index in [1.54, 1.807) is 0 Å². The Balaban J connectivity index is 1.32. The number of fused-ring (bicyclic) bond motifs is 6. The van der Waals surface area contributed by atoms with E-state index in [1.807, 2.05) is 11.3 Å². The fraction of sp³-hybridized carbons (Fsp3) is 0. The first-order valence-electron chi connectivity index (χ1n) is 17.8. The van der Waals surface area contributed by atoms with Crippen LogP contribution in [-0.4, -0.2) is 0 Å². The number of hydrogen-bond acceptors (Lipinski definition) is 2. The van der Waals surface area contributed by atoms with E-state index >= 15 is 0 Å². The normalized spacial score (nSPS) is 11.5. The summed E-state index contributed by atoms with van der Waals surface area (Å²) >= 11 is 1.87. The third-order valence-electron chi connectivity index (χ3n) is 10.2. The van der Waals surface area contributed by atoms with Crippen molar-refractivity contribution in [1.29, 1.82) is 0 Å². The van der Waals surface area contributed by atoms with Crippen LogP contribution in [0.5, 0.6) is 0 Å². The number of anilines is 3. The standard InChI is InChI=1S/C50H33NS/c1-4-14-34(15-5-1)38-28-30-46(45(32-38)35-16-6-2-7-17-35)51(40-19-8-3-9-20-40)50-42(29-31-48-49(50)43-22-12-13-23-47(43)52-48)39-27-26-37-25-24-36-18-10-11-21-41(36)44(37)33-39/h1-33H. The maximum Gasteiger partial charge on any atom is 0.0633 e. The first-order valence-corrected chi connectivity index (χ1v) is 18.6. The summed E-state index contributed by atoms with van der Waals surface area (Å²) in [5, 5.41) is 7.57. The molecule has 1 aromatic heterocycles. The third kappa shape index (κ3) is 5.16. The summed E-state index contributed by atoms with van der Waals surface area (Å²) in [5.41, 5.74) is 10.6. The second-order valence-corrected chi connectivity index (χ2v) is 14.4. The van der Waals surface area contributed by atoms with Gasteiger partial charge in [-0.3, -0.25) is 0 Å². The Morgan fingerprint density at radius 3 is 1.75 bits per heavy atom. The molecule has 0 radical (unpaired) electrons. The predicted octanol–water partition coefficient (Wildman–Crippen LogP) is 14.8. The molecule has 0 aliphatic carbocycles. The van der Waals surface area contributed by atoms with Crippen molar-refractivity contribution in [3.63, 3.8) is 0 Å². The molecule has 52 heavy (non-hydrogen) atoms. The molecule has 9 aromatic carbocycles. The molecular weight excluding hydrogens is 647 g/mol. The van der Waals surface area contributed by atoms with Gasteiger partial charge in [0.1, 0.15) is 0 Å². The fourth-order valence-electron chi connectivity index (χ4n) is 7.79. The highest BCUT2D eigenvalue weighted by Gasteiger charge is 2.25. The van der Waals surface area contributed by atoms with Crippen LogP contribution in [0.2, 0.25) is 0 Å². The lowest BCUT2D eigenvalue weighted by atomic mass is 9.92. The van der Waals surface area contributed by atoms with Gasteiger partial charge in [0.2, 0.25) is 0 Å². The Morgan fingerprint density at radius 2 is 0.962 bits per heavy atom. The maximum absolute atomic E-state index is 2.52. The number of benzene rings is 9. The summed E-state index contributed by atoms with van der Waals surface area (Å²) in [6, 6.07) is 73.1. The van der Waals surface area contributed by atoms with Crippen LogP contribution in [0.3, 0.4) is 0 Å². The summed E-state index contributed by atoms with van der Waals surface area (Å²) < 4.78 is 2.56. The number of para-hydroxylation sites is 1. The van der Waals surface area contributed by atoms with Gasteiger partial charge in [-0.25, -0.2) is 0 Å². The molecule has 0 saturated carbocycles. The van der Waals surface area contributed by atoms with Gasteiger partial charge >= 0.3 is 0 Å². The van der Waals surface area contributed by atoms with Crippen LogP contribution in [0.4, 0.5) is 17.1 Å². The van der Waals surface area contributed by atoms with E-state index < -0.39 is 0 Å². The Hall–Kier alpha value is -6.48. The quantitative estimate of drug-likeness (QED) is 0.158. The second-order valence-electron chi connectivity index (χ2n) is 13.3. The average molecular weight is 680 g/mol. The highest BCUT2D eigenvalue weighted by molar-refractivity contribution is 7.26. The van der Waals surface area contributed by atoms with Crippen LogP contribution in [0.1, 0.15) is 0 Å². The molecule has 0 atom stereocenters. The van der Waals surface area contributed by atoms with E-state index in [0.29, 0.717) is 0 Å². The Kier molecular flexibility index (Phi) is 7.41. The van der Waals surface area contributed by atoms with Crippen LogP contribution in [0, 0.1) is 0 Å². The van der Waals surface area contributed by atoms with Gasteiger partial charge in [-0.2, -0.15) is 0 Å². The van der Waals surface area contributed by atoms with Gasteiger partial charge in [0.05, 0.1) is 11.4 Å². The lowest BCUT2D eigenvalue weighted by molar-refractivity contribution is 1.30. The van der Waals surface area contributed by atoms with E-state index in [9.17, 15) is 0 Å². The van der Waals surface area contributed by atoms with Crippen molar-refractivity contribution >= 4 is 70.1 Å². The minimum absolute atomic E-state index is 1.11. The highest BCUT2D eigenvalue weighted by Crippen LogP contribution is 2.52. The zero-order chi connectivity index (χ0) is 34.4. The molecule has 0 N–H and O–H groups in total. The van der Waals surface area contributed by atoms with E-state index in [1.165, 1.54) is 80.8 Å². The Morgan fingerprint density at radius 1 is 0.346 bits per heavy atom. The molecule has 0 aliphatic rings. The summed E-state index contributed by atoms with van der Waals surface area (Å²) in [7, 11) is 0. The molecule has 1 heterocycles. The van der Waals surface area contributed by atoms with Crippen LogP contribution in [0.25, 0.3) is 75.1 Å². The molecule has 10 rings (SSSR count). The number of thiophene rings is 1. The molecule has 10 aromatic rings. The number of hydrogen-bond donors (Lipinski definition) is 0. The average Bonchev–Trinajstić information content (AvgIpc) is 3.61. The molecule has 0 aliphatic heterocycles. The molecule has 0 bridgehead atoms. The maximum atomic E-state index is 2.52. The largest absolute Gasteiger partial charge is 0.309 e. The van der Waals surface area contributed by atoms with Crippen molar-refractivity contribution < 1.29 is 0 Å². The van der Waals surface area contributed by atoms with E-state index in [2.05, 4.69) is 205 Å². The molecule has 0 fully saturated rings. The van der Waals surface area contributed by atoms with E-state index in [0.717, 1.165) is 11.4 Å². The third-order valence-corrected chi connectivity index (χ3v) is 11.4. The molecular formula is C50H33NS. The lowest BCUT2D eigenvalue weighted by Crippen LogP contribution is -2.13. The van der Waals surface area contributed by atoms with Gasteiger partial charge in [0, 0.05) is 37.0 Å². The van der Waals surface area contributed by atoms with Gasteiger partial charge in [-0.15, -0.1) is 11.3 Å². The first kappa shape index (κ1) is 30.4. The number of rotatable bonds is 6. The van der Waals surface area contributed by atoms with Crippen molar-refractivity contribution in [2.75, 3.05) is 4.90 Å². The van der Waals surface area contributed by atoms with Crippen LogP contribution in [0.15, 0.2) is 200 Å². The van der Waals surface area contributed by atoms with Gasteiger partial charge in [-0.1, -0.05) is 158 Å². The van der Waals surface area contributed by atoms with Gasteiger partial charge in [0.15, 0.2) is 0 Å². The minimum Gasteiger partial charge on any atom is -0.309 e. The molecule has 0 amide bonds. The van der Waals surface area contributed by atoms with Gasteiger partial charge < -0.3 is 4.90 Å². The molecule has 244 valence electrons. The zero-order valence-corrected chi connectivity index (χ0v) is 29.2. The van der Waals surface area contributed by atoms with Gasteiger partial charge in [0.25, 0.3) is 0 Å². The summed E-state index contributed by atoms with van der Waals surface area (Å²) in [4.78, 5) is 2.52. The molecule has 2 heteroatoms. The summed E-state index contributed by atoms with van der Waals surface area (Å²) in [5.74, 6) is 0. The smallest absolute Gasteiger partial charge is 0.0633 e.